The van der Waals surface area contributed by atoms with E-state index in [9.17, 15) is 0 Å². The summed E-state index contributed by atoms with van der Waals surface area (Å²) < 4.78 is 2.76. The highest BCUT2D eigenvalue weighted by Gasteiger charge is 2.01. The van der Waals surface area contributed by atoms with Gasteiger partial charge in [0.15, 0.2) is 5.69 Å². The molecule has 2 aromatic rings. The van der Waals surface area contributed by atoms with E-state index in [-0.39, 0.29) is 0 Å². The lowest BCUT2D eigenvalue weighted by atomic mass is 10.2. The van der Waals surface area contributed by atoms with Gasteiger partial charge in [-0.1, -0.05) is 15.9 Å². The third kappa shape index (κ3) is 1.92. The molecule has 1 heterocycles. The Morgan fingerprint density at radius 3 is 2.80 bits per heavy atom. The molecule has 0 aliphatic heterocycles. The van der Waals surface area contributed by atoms with E-state index in [1.165, 1.54) is 0 Å². The molecule has 0 aliphatic rings. The van der Waals surface area contributed by atoms with E-state index in [1.54, 1.807) is 16.9 Å². The van der Waals surface area contributed by atoms with E-state index < -0.39 is 0 Å². The number of nitriles is 1. The number of aryl methyl sites for hydroxylation is 1. The second-order valence-corrected chi connectivity index (χ2v) is 4.05. The van der Waals surface area contributed by atoms with Gasteiger partial charge >= 0.3 is 0 Å². The fourth-order valence-electron chi connectivity index (χ4n) is 1.30. The second kappa shape index (κ2) is 3.87. The maximum absolute atomic E-state index is 8.66. The molecule has 0 saturated heterocycles. The van der Waals surface area contributed by atoms with Gasteiger partial charge < -0.3 is 0 Å². The second-order valence-electron chi connectivity index (χ2n) is 3.19. The van der Waals surface area contributed by atoms with Crippen LogP contribution in [0.3, 0.4) is 0 Å². The van der Waals surface area contributed by atoms with Gasteiger partial charge in [-0.15, -0.1) is 0 Å². The van der Waals surface area contributed by atoms with Crippen LogP contribution in [0.2, 0.25) is 0 Å². The van der Waals surface area contributed by atoms with Crippen molar-refractivity contribution in [3.63, 3.8) is 0 Å². The van der Waals surface area contributed by atoms with Crippen molar-refractivity contribution < 1.29 is 0 Å². The highest BCUT2D eigenvalue weighted by Crippen LogP contribution is 2.19. The van der Waals surface area contributed by atoms with Crippen molar-refractivity contribution in [2.45, 2.75) is 6.92 Å². The highest BCUT2D eigenvalue weighted by atomic mass is 79.9. The summed E-state index contributed by atoms with van der Waals surface area (Å²) in [5.41, 5.74) is 2.52. The van der Waals surface area contributed by atoms with Crippen molar-refractivity contribution in [1.29, 1.82) is 5.26 Å². The SMILES string of the molecule is Cc1cc(-n2ccc(C#N)n2)ccc1Br. The monoisotopic (exact) mass is 261 g/mol. The molecule has 0 fully saturated rings. The molecule has 1 aromatic heterocycles. The molecule has 0 bridgehead atoms. The zero-order valence-corrected chi connectivity index (χ0v) is 9.69. The number of nitrogens with zero attached hydrogens (tertiary/aromatic N) is 3. The van der Waals surface area contributed by atoms with Gasteiger partial charge in [-0.3, -0.25) is 0 Å². The zero-order chi connectivity index (χ0) is 10.8. The lowest BCUT2D eigenvalue weighted by molar-refractivity contribution is 0.871. The van der Waals surface area contributed by atoms with Gasteiger partial charge in [0, 0.05) is 10.7 Å². The van der Waals surface area contributed by atoms with Gasteiger partial charge in [0.2, 0.25) is 0 Å². The summed E-state index contributed by atoms with van der Waals surface area (Å²) >= 11 is 3.44. The number of benzene rings is 1. The van der Waals surface area contributed by atoms with Gasteiger partial charge in [-0.2, -0.15) is 10.4 Å². The minimum atomic E-state index is 0.426. The van der Waals surface area contributed by atoms with Crippen LogP contribution in [0.25, 0.3) is 5.69 Å². The first-order valence-corrected chi connectivity index (χ1v) is 5.22. The lowest BCUT2D eigenvalue weighted by Crippen LogP contribution is -1.95. The molecule has 0 atom stereocenters. The maximum atomic E-state index is 8.66. The zero-order valence-electron chi connectivity index (χ0n) is 8.11. The molecular weight excluding hydrogens is 254 g/mol. The standard InChI is InChI=1S/C11H8BrN3/c1-8-6-10(2-3-11(8)12)15-5-4-9(7-13)14-15/h2-6H,1H3. The fraction of sp³-hybridized carbons (Fsp3) is 0.0909. The average molecular weight is 262 g/mol. The molecule has 0 spiro atoms. The molecular formula is C11H8BrN3. The van der Waals surface area contributed by atoms with Crippen LogP contribution in [0.5, 0.6) is 0 Å². The van der Waals surface area contributed by atoms with Crippen LogP contribution >= 0.6 is 15.9 Å². The molecule has 74 valence electrons. The largest absolute Gasteiger partial charge is 0.240 e. The molecule has 15 heavy (non-hydrogen) atoms. The molecule has 0 saturated carbocycles. The van der Waals surface area contributed by atoms with E-state index in [4.69, 9.17) is 5.26 Å². The Kier molecular flexibility index (Phi) is 2.57. The van der Waals surface area contributed by atoms with E-state index in [0.29, 0.717) is 5.69 Å². The summed E-state index contributed by atoms with van der Waals surface area (Å²) in [7, 11) is 0. The van der Waals surface area contributed by atoms with Crippen LogP contribution in [-0.2, 0) is 0 Å². The molecule has 1 aromatic carbocycles. The first-order valence-electron chi connectivity index (χ1n) is 4.43. The minimum absolute atomic E-state index is 0.426. The van der Waals surface area contributed by atoms with Gasteiger partial charge in [-0.25, -0.2) is 4.68 Å². The lowest BCUT2D eigenvalue weighted by Gasteiger charge is -2.03. The number of rotatable bonds is 1. The molecule has 2 rings (SSSR count). The van der Waals surface area contributed by atoms with Crippen LogP contribution in [0.15, 0.2) is 34.9 Å². The summed E-state index contributed by atoms with van der Waals surface area (Å²) in [6, 6.07) is 9.63. The number of halogens is 1. The Morgan fingerprint density at radius 2 is 2.20 bits per heavy atom. The quantitative estimate of drug-likeness (QED) is 0.792. The van der Waals surface area contributed by atoms with Crippen LogP contribution in [-0.4, -0.2) is 9.78 Å². The molecule has 4 heteroatoms. The van der Waals surface area contributed by atoms with Crippen molar-refractivity contribution in [1.82, 2.24) is 9.78 Å². The van der Waals surface area contributed by atoms with Gasteiger partial charge in [0.25, 0.3) is 0 Å². The molecule has 0 radical (unpaired) electrons. The number of aromatic nitrogens is 2. The Balaban J connectivity index is 2.46. The maximum Gasteiger partial charge on any atom is 0.162 e. The summed E-state index contributed by atoms with van der Waals surface area (Å²) in [5.74, 6) is 0. The number of hydrogen-bond donors (Lipinski definition) is 0. The van der Waals surface area contributed by atoms with Gasteiger partial charge in [0.1, 0.15) is 6.07 Å². The first kappa shape index (κ1) is 9.94. The summed E-state index contributed by atoms with van der Waals surface area (Å²) in [6.07, 6.45) is 1.78. The van der Waals surface area contributed by atoms with Crippen LogP contribution in [0.1, 0.15) is 11.3 Å². The molecule has 0 unspecified atom stereocenters. The average Bonchev–Trinajstić information content (AvgIpc) is 2.70. The Bertz CT molecular complexity index is 537. The number of hydrogen-bond acceptors (Lipinski definition) is 2. The summed E-state index contributed by atoms with van der Waals surface area (Å²) in [4.78, 5) is 0. The van der Waals surface area contributed by atoms with Crippen molar-refractivity contribution in [3.05, 3.63) is 46.2 Å². The predicted molar refractivity (Wildman–Crippen MR) is 60.7 cm³/mol. The van der Waals surface area contributed by atoms with Crippen molar-refractivity contribution in [3.8, 4) is 11.8 Å². The van der Waals surface area contributed by atoms with E-state index in [2.05, 4.69) is 21.0 Å². The van der Waals surface area contributed by atoms with E-state index in [0.717, 1.165) is 15.7 Å². The Labute approximate surface area is 96.1 Å². The predicted octanol–water partition coefficient (Wildman–Crippen LogP) is 2.81. The van der Waals surface area contributed by atoms with E-state index >= 15 is 0 Å². The normalized spacial score (nSPS) is 9.93. The first-order chi connectivity index (χ1) is 7.20. The van der Waals surface area contributed by atoms with E-state index in [1.807, 2.05) is 31.2 Å². The van der Waals surface area contributed by atoms with Crippen LogP contribution < -0.4 is 0 Å². The fourth-order valence-corrected chi connectivity index (χ4v) is 1.55. The van der Waals surface area contributed by atoms with Crippen molar-refractivity contribution in [2.24, 2.45) is 0 Å². The Morgan fingerprint density at radius 1 is 1.40 bits per heavy atom. The summed E-state index contributed by atoms with van der Waals surface area (Å²) in [5, 5.41) is 12.8. The highest BCUT2D eigenvalue weighted by molar-refractivity contribution is 9.10. The molecule has 0 N–H and O–H groups in total. The third-order valence-electron chi connectivity index (χ3n) is 2.11. The van der Waals surface area contributed by atoms with Gasteiger partial charge in [-0.05, 0) is 36.8 Å². The topological polar surface area (TPSA) is 41.6 Å². The summed E-state index contributed by atoms with van der Waals surface area (Å²) in [6.45, 7) is 2.02. The molecule has 3 nitrogen and oxygen atoms in total. The van der Waals surface area contributed by atoms with Crippen molar-refractivity contribution >= 4 is 15.9 Å². The smallest absolute Gasteiger partial charge is 0.162 e. The van der Waals surface area contributed by atoms with Crippen LogP contribution in [0, 0.1) is 18.3 Å². The third-order valence-corrected chi connectivity index (χ3v) is 3.00. The minimum Gasteiger partial charge on any atom is -0.240 e. The molecule has 0 amide bonds. The van der Waals surface area contributed by atoms with Crippen molar-refractivity contribution in [2.75, 3.05) is 0 Å². The van der Waals surface area contributed by atoms with Gasteiger partial charge in [0.05, 0.1) is 5.69 Å². The molecule has 0 aliphatic carbocycles. The Hall–Kier alpha value is -1.60. The van der Waals surface area contributed by atoms with Crippen LogP contribution in [0.4, 0.5) is 0 Å².